The lowest BCUT2D eigenvalue weighted by Gasteiger charge is -2.42. The lowest BCUT2D eigenvalue weighted by molar-refractivity contribution is 0.0743. The summed E-state index contributed by atoms with van der Waals surface area (Å²) in [5.74, 6) is 11.3. The molecule has 7 aliphatic carbocycles. The van der Waals surface area contributed by atoms with Crippen LogP contribution >= 0.6 is 24.4 Å². The maximum atomic E-state index is 4.99. The van der Waals surface area contributed by atoms with Crippen LogP contribution in [0.2, 0.25) is 0 Å². The molecule has 0 amide bonds. The van der Waals surface area contributed by atoms with Crippen molar-refractivity contribution in [1.29, 1.82) is 0 Å². The van der Waals surface area contributed by atoms with Gasteiger partial charge in [0.15, 0.2) is 0 Å². The van der Waals surface area contributed by atoms with Crippen LogP contribution in [-0.4, -0.2) is 15.7 Å². The van der Waals surface area contributed by atoms with Gasteiger partial charge in [-0.15, -0.1) is 0 Å². The van der Waals surface area contributed by atoms with E-state index in [0.717, 1.165) is 74.9 Å². The van der Waals surface area contributed by atoms with Gasteiger partial charge in [-0.2, -0.15) is 24.4 Å². The van der Waals surface area contributed by atoms with E-state index in [-0.39, 0.29) is 0 Å². The minimum Gasteiger partial charge on any atom is -0.176 e. The fraction of sp³-hybridized carbons (Fsp3) is 1.00. The molecule has 0 aromatic rings. The SMILES string of the molecule is SC1CC2CC1C1C3CC(C4CC(SC5CC6CCC5C6)CC43)C21. The average molecular weight is 361 g/mol. The molecule has 0 heterocycles. The monoisotopic (exact) mass is 360 g/mol. The predicted octanol–water partition coefficient (Wildman–Crippen LogP) is 5.52. The summed E-state index contributed by atoms with van der Waals surface area (Å²) in [6.07, 6.45) is 14.2. The smallest absolute Gasteiger partial charge is 0.00808 e. The summed E-state index contributed by atoms with van der Waals surface area (Å²) in [5, 5.41) is 2.90. The first-order valence-corrected chi connectivity index (χ1v) is 12.6. The molecule has 0 aliphatic heterocycles. The molecule has 0 aromatic carbocycles. The van der Waals surface area contributed by atoms with Crippen molar-refractivity contribution in [3.05, 3.63) is 0 Å². The van der Waals surface area contributed by atoms with E-state index < -0.39 is 0 Å². The van der Waals surface area contributed by atoms with Crippen molar-refractivity contribution in [2.75, 3.05) is 0 Å². The number of thioether (sulfide) groups is 1. The predicted molar refractivity (Wildman–Crippen MR) is 104 cm³/mol. The zero-order chi connectivity index (χ0) is 15.6. The lowest BCUT2D eigenvalue weighted by Crippen LogP contribution is -2.39. The molecule has 0 aromatic heterocycles. The number of fused-ring (bicyclic) bond motifs is 14. The van der Waals surface area contributed by atoms with Gasteiger partial charge in [0.2, 0.25) is 0 Å². The molecule has 2 heteroatoms. The maximum Gasteiger partial charge on any atom is 0.00808 e. The largest absolute Gasteiger partial charge is 0.176 e. The Labute approximate surface area is 157 Å². The Bertz CT molecular complexity index is 560. The van der Waals surface area contributed by atoms with Gasteiger partial charge in [0.05, 0.1) is 0 Å². The minimum absolute atomic E-state index is 0.773. The maximum absolute atomic E-state index is 4.99. The topological polar surface area (TPSA) is 0 Å². The molecule has 0 radical (unpaired) electrons. The van der Waals surface area contributed by atoms with Crippen molar-refractivity contribution >= 4 is 24.4 Å². The second-order valence-electron chi connectivity index (χ2n) is 11.0. The lowest BCUT2D eigenvalue weighted by atomic mass is 9.64. The van der Waals surface area contributed by atoms with Crippen molar-refractivity contribution in [3.8, 4) is 0 Å². The first-order valence-electron chi connectivity index (χ1n) is 11.1. The van der Waals surface area contributed by atoms with E-state index in [9.17, 15) is 0 Å². The molecular weight excluding hydrogens is 328 g/mol. The average Bonchev–Trinajstić information content (AvgIpc) is 3.35. The summed E-state index contributed by atoms with van der Waals surface area (Å²) < 4.78 is 0. The standard InChI is InChI=1S/C22H32S2/c23-19-6-12-5-18(19)22-17-9-16(21(12)22)14-7-13(8-15(14)17)24-20-4-10-1-2-11(20)3-10/h10-23H,1-9H2. The second kappa shape index (κ2) is 4.94. The van der Waals surface area contributed by atoms with E-state index in [2.05, 4.69) is 11.8 Å². The van der Waals surface area contributed by atoms with E-state index in [1.165, 1.54) is 6.42 Å². The molecule has 0 nitrogen and oxygen atoms in total. The van der Waals surface area contributed by atoms with Crippen LogP contribution in [0.15, 0.2) is 0 Å². The third kappa shape index (κ3) is 1.77. The summed E-state index contributed by atoms with van der Waals surface area (Å²) in [5.41, 5.74) is 0. The Morgan fingerprint density at radius 1 is 0.625 bits per heavy atom. The van der Waals surface area contributed by atoms with Crippen LogP contribution in [0.25, 0.3) is 0 Å². The molecule has 13 unspecified atom stereocenters. The highest BCUT2D eigenvalue weighted by Gasteiger charge is 2.68. The molecule has 7 rings (SSSR count). The summed E-state index contributed by atoms with van der Waals surface area (Å²) in [6, 6.07) is 0. The molecule has 24 heavy (non-hydrogen) atoms. The van der Waals surface area contributed by atoms with E-state index >= 15 is 0 Å². The molecule has 0 saturated heterocycles. The van der Waals surface area contributed by atoms with Crippen LogP contribution in [0.1, 0.15) is 57.8 Å². The molecular formula is C22H32S2. The van der Waals surface area contributed by atoms with Crippen molar-refractivity contribution < 1.29 is 0 Å². The van der Waals surface area contributed by atoms with Gasteiger partial charge in [0, 0.05) is 15.7 Å². The molecule has 7 aliphatic rings. The van der Waals surface area contributed by atoms with Gasteiger partial charge in [-0.25, -0.2) is 0 Å². The van der Waals surface area contributed by atoms with Crippen LogP contribution in [-0.2, 0) is 0 Å². The molecule has 0 spiro atoms. The summed E-state index contributed by atoms with van der Waals surface area (Å²) in [7, 11) is 0. The highest BCUT2D eigenvalue weighted by molar-refractivity contribution is 8.00. The van der Waals surface area contributed by atoms with Crippen molar-refractivity contribution in [2.45, 2.75) is 73.5 Å². The first kappa shape index (κ1) is 14.7. The van der Waals surface area contributed by atoms with Gasteiger partial charge >= 0.3 is 0 Å². The van der Waals surface area contributed by atoms with Gasteiger partial charge < -0.3 is 0 Å². The van der Waals surface area contributed by atoms with Gasteiger partial charge in [-0.3, -0.25) is 0 Å². The Kier molecular flexibility index (Phi) is 3.03. The Morgan fingerprint density at radius 2 is 1.46 bits per heavy atom. The quantitative estimate of drug-likeness (QED) is 0.499. The third-order valence-corrected chi connectivity index (χ3v) is 12.7. The first-order chi connectivity index (χ1) is 11.8. The van der Waals surface area contributed by atoms with Crippen LogP contribution in [0.4, 0.5) is 0 Å². The fourth-order valence-corrected chi connectivity index (χ4v) is 12.6. The second-order valence-corrected chi connectivity index (χ2v) is 13.2. The Morgan fingerprint density at radius 3 is 2.21 bits per heavy atom. The van der Waals surface area contributed by atoms with Crippen molar-refractivity contribution in [2.24, 2.45) is 59.2 Å². The highest BCUT2D eigenvalue weighted by atomic mass is 32.2. The summed E-state index contributed by atoms with van der Waals surface area (Å²) in [4.78, 5) is 0. The van der Waals surface area contributed by atoms with Crippen LogP contribution < -0.4 is 0 Å². The highest BCUT2D eigenvalue weighted by Crippen LogP contribution is 2.74. The Hall–Kier alpha value is 0.700. The van der Waals surface area contributed by atoms with Crippen LogP contribution in [0.3, 0.4) is 0 Å². The zero-order valence-electron chi connectivity index (χ0n) is 14.7. The van der Waals surface area contributed by atoms with Crippen molar-refractivity contribution in [1.82, 2.24) is 0 Å². The summed E-state index contributed by atoms with van der Waals surface area (Å²) in [6.45, 7) is 0. The molecule has 7 saturated carbocycles. The normalized spacial score (nSPS) is 68.1. The fourth-order valence-electron chi connectivity index (χ4n) is 9.95. The van der Waals surface area contributed by atoms with E-state index in [0.29, 0.717) is 0 Å². The number of thiol groups is 1. The van der Waals surface area contributed by atoms with E-state index in [4.69, 9.17) is 12.6 Å². The zero-order valence-corrected chi connectivity index (χ0v) is 16.4. The van der Waals surface area contributed by atoms with Crippen LogP contribution in [0.5, 0.6) is 0 Å². The van der Waals surface area contributed by atoms with Gasteiger partial charge in [-0.05, 0) is 111 Å². The summed E-state index contributed by atoms with van der Waals surface area (Å²) >= 11 is 7.48. The van der Waals surface area contributed by atoms with E-state index in [1.807, 2.05) is 0 Å². The number of hydrogen-bond acceptors (Lipinski definition) is 2. The van der Waals surface area contributed by atoms with E-state index in [1.54, 1.807) is 51.4 Å². The molecule has 6 bridgehead atoms. The molecule has 132 valence electrons. The third-order valence-electron chi connectivity index (χ3n) is 10.4. The number of rotatable bonds is 2. The molecule has 7 fully saturated rings. The minimum atomic E-state index is 0.773. The molecule has 13 atom stereocenters. The number of hydrogen-bond donors (Lipinski definition) is 1. The molecule has 0 N–H and O–H groups in total. The van der Waals surface area contributed by atoms with Gasteiger partial charge in [0.1, 0.15) is 0 Å². The Balaban J connectivity index is 1.09. The van der Waals surface area contributed by atoms with Crippen molar-refractivity contribution in [3.63, 3.8) is 0 Å². The van der Waals surface area contributed by atoms with Gasteiger partial charge in [0.25, 0.3) is 0 Å². The van der Waals surface area contributed by atoms with Gasteiger partial charge in [-0.1, -0.05) is 6.42 Å². The van der Waals surface area contributed by atoms with Crippen LogP contribution in [0, 0.1) is 59.2 Å².